The molecule has 1 nitrogen and oxygen atoms in total. The van der Waals surface area contributed by atoms with E-state index in [2.05, 4.69) is 19.2 Å². The number of benzene rings is 1. The first-order valence-electron chi connectivity index (χ1n) is 3.88. The van der Waals surface area contributed by atoms with Crippen LogP contribution in [0.15, 0.2) is 36.4 Å². The molecule has 0 fully saturated rings. The van der Waals surface area contributed by atoms with Crippen LogP contribution in [0.1, 0.15) is 0 Å². The van der Waals surface area contributed by atoms with Crippen molar-refractivity contribution in [2.24, 2.45) is 0 Å². The Balaban J connectivity index is 2.50. The molecule has 1 rings (SSSR count). The number of thiol groups is 1. The van der Waals surface area contributed by atoms with Gasteiger partial charge >= 0.3 is 0 Å². The molecule has 0 saturated carbocycles. The molecule has 1 aromatic carbocycles. The normalized spacial score (nSPS) is 9.69. The summed E-state index contributed by atoms with van der Waals surface area (Å²) in [5, 5.41) is 0.675. The first-order chi connectivity index (χ1) is 6.22. The molecular weight excluding hydrogens is 204 g/mol. The minimum absolute atomic E-state index is 0.490. The van der Waals surface area contributed by atoms with E-state index in [1.807, 2.05) is 18.2 Å². The van der Waals surface area contributed by atoms with Crippen LogP contribution in [-0.4, -0.2) is 12.4 Å². The lowest BCUT2D eigenvalue weighted by Gasteiger charge is -2.06. The van der Waals surface area contributed by atoms with E-state index in [-0.39, 0.29) is 0 Å². The van der Waals surface area contributed by atoms with Crippen LogP contribution in [0.2, 0.25) is 5.02 Å². The second-order valence-corrected chi connectivity index (χ2v) is 3.41. The summed E-state index contributed by atoms with van der Waals surface area (Å²) in [7, 11) is 0. The lowest BCUT2D eigenvalue weighted by Crippen LogP contribution is -2.00. The zero-order chi connectivity index (χ0) is 9.68. The first-order valence-corrected chi connectivity index (χ1v) is 4.89. The fraction of sp³-hybridized carbons (Fsp3) is 0.200. The third-order valence-electron chi connectivity index (χ3n) is 1.46. The van der Waals surface area contributed by atoms with Gasteiger partial charge in [-0.25, -0.2) is 0 Å². The van der Waals surface area contributed by atoms with Crippen LogP contribution in [0.3, 0.4) is 0 Å². The molecule has 1 aromatic rings. The van der Waals surface area contributed by atoms with Crippen molar-refractivity contribution < 1.29 is 4.74 Å². The molecule has 0 aromatic heterocycles. The molecule has 3 heteroatoms. The molecule has 0 spiro atoms. The van der Waals surface area contributed by atoms with Gasteiger partial charge in [0.15, 0.2) is 0 Å². The van der Waals surface area contributed by atoms with E-state index in [0.29, 0.717) is 17.4 Å². The maximum absolute atomic E-state index is 5.78. The fourth-order valence-electron chi connectivity index (χ4n) is 0.788. The summed E-state index contributed by atoms with van der Waals surface area (Å²) in [6, 6.07) is 7.29. The maximum Gasteiger partial charge on any atom is 0.121 e. The van der Waals surface area contributed by atoms with Gasteiger partial charge in [-0.3, -0.25) is 0 Å². The highest BCUT2D eigenvalue weighted by atomic mass is 35.5. The Hall–Kier alpha value is -0.600. The summed E-state index contributed by atoms with van der Waals surface area (Å²) in [5.74, 6) is 1.40. The van der Waals surface area contributed by atoms with Crippen LogP contribution in [0.4, 0.5) is 0 Å². The molecule has 0 bridgehead atoms. The largest absolute Gasteiger partial charge is 0.489 e. The summed E-state index contributed by atoms with van der Waals surface area (Å²) < 4.78 is 5.41. The van der Waals surface area contributed by atoms with Crippen molar-refractivity contribution in [2.45, 2.75) is 0 Å². The Bertz CT molecular complexity index is 299. The Labute approximate surface area is 88.8 Å². The molecule has 0 unspecified atom stereocenters. The van der Waals surface area contributed by atoms with Gasteiger partial charge in [0.2, 0.25) is 0 Å². The molecule has 0 aliphatic heterocycles. The summed E-state index contributed by atoms with van der Waals surface area (Å²) >= 11 is 9.85. The van der Waals surface area contributed by atoms with E-state index in [9.17, 15) is 0 Å². The Morgan fingerprint density at radius 2 is 2.31 bits per heavy atom. The van der Waals surface area contributed by atoms with Gasteiger partial charge in [-0.1, -0.05) is 24.2 Å². The van der Waals surface area contributed by atoms with Gasteiger partial charge in [0, 0.05) is 10.8 Å². The second-order valence-electron chi connectivity index (χ2n) is 2.65. The molecule has 0 saturated heterocycles. The van der Waals surface area contributed by atoms with Crippen molar-refractivity contribution in [2.75, 3.05) is 12.4 Å². The molecule has 70 valence electrons. The number of hydrogen-bond donors (Lipinski definition) is 1. The average molecular weight is 215 g/mol. The van der Waals surface area contributed by atoms with Crippen LogP contribution in [-0.2, 0) is 0 Å². The molecule has 0 heterocycles. The van der Waals surface area contributed by atoms with Crippen molar-refractivity contribution >= 4 is 24.2 Å². The van der Waals surface area contributed by atoms with Gasteiger partial charge < -0.3 is 4.74 Å². The maximum atomic E-state index is 5.78. The molecule has 0 radical (unpaired) electrons. The average Bonchev–Trinajstić information content (AvgIpc) is 2.14. The third kappa shape index (κ3) is 3.75. The number of rotatable bonds is 4. The molecule has 0 aliphatic carbocycles. The van der Waals surface area contributed by atoms with Crippen LogP contribution in [0.25, 0.3) is 0 Å². The topological polar surface area (TPSA) is 9.23 Å². The van der Waals surface area contributed by atoms with Gasteiger partial charge in [-0.15, -0.1) is 0 Å². The summed E-state index contributed by atoms with van der Waals surface area (Å²) in [5.41, 5.74) is 0.948. The predicted molar refractivity (Wildman–Crippen MR) is 59.9 cm³/mol. The fourth-order valence-corrected chi connectivity index (χ4v) is 1.06. The van der Waals surface area contributed by atoms with Crippen molar-refractivity contribution in [1.82, 2.24) is 0 Å². The first kappa shape index (κ1) is 10.5. The van der Waals surface area contributed by atoms with E-state index in [0.717, 1.165) is 11.3 Å². The minimum atomic E-state index is 0.490. The van der Waals surface area contributed by atoms with E-state index in [1.54, 1.807) is 6.07 Å². The summed E-state index contributed by atoms with van der Waals surface area (Å²) in [4.78, 5) is 0. The zero-order valence-electron chi connectivity index (χ0n) is 7.16. The highest BCUT2D eigenvalue weighted by molar-refractivity contribution is 7.80. The molecule has 0 aliphatic rings. The lowest BCUT2D eigenvalue weighted by atomic mass is 10.3. The zero-order valence-corrected chi connectivity index (χ0v) is 8.81. The van der Waals surface area contributed by atoms with Crippen molar-refractivity contribution in [3.05, 3.63) is 41.4 Å². The highest BCUT2D eigenvalue weighted by Gasteiger charge is 1.95. The lowest BCUT2D eigenvalue weighted by molar-refractivity contribution is 0.353. The molecule has 0 atom stereocenters. The van der Waals surface area contributed by atoms with Gasteiger partial charge in [-0.05, 0) is 23.8 Å². The quantitative estimate of drug-likeness (QED) is 0.598. The van der Waals surface area contributed by atoms with Gasteiger partial charge in [-0.2, -0.15) is 12.6 Å². The molecule has 0 N–H and O–H groups in total. The summed E-state index contributed by atoms with van der Waals surface area (Å²) in [6.45, 7) is 4.27. The van der Waals surface area contributed by atoms with E-state index < -0.39 is 0 Å². The van der Waals surface area contributed by atoms with Crippen molar-refractivity contribution in [3.63, 3.8) is 0 Å². The van der Waals surface area contributed by atoms with Crippen LogP contribution < -0.4 is 4.74 Å². The van der Waals surface area contributed by atoms with Crippen molar-refractivity contribution in [3.8, 4) is 5.75 Å². The van der Waals surface area contributed by atoms with Crippen LogP contribution in [0.5, 0.6) is 5.75 Å². The summed E-state index contributed by atoms with van der Waals surface area (Å²) in [6.07, 6.45) is 0. The number of ether oxygens (including phenoxy) is 1. The molecule has 0 amide bonds. The Morgan fingerprint density at radius 1 is 1.54 bits per heavy atom. The predicted octanol–water partition coefficient (Wildman–Crippen LogP) is 3.20. The van der Waals surface area contributed by atoms with Crippen LogP contribution in [0, 0.1) is 0 Å². The smallest absolute Gasteiger partial charge is 0.121 e. The second kappa shape index (κ2) is 5.20. The Morgan fingerprint density at radius 3 is 2.92 bits per heavy atom. The monoisotopic (exact) mass is 214 g/mol. The molecular formula is C10H11ClOS. The molecule has 13 heavy (non-hydrogen) atoms. The number of halogens is 1. The highest BCUT2D eigenvalue weighted by Crippen LogP contribution is 2.17. The third-order valence-corrected chi connectivity index (χ3v) is 2.14. The Kier molecular flexibility index (Phi) is 4.19. The standard InChI is InChI=1S/C10H11ClOS/c1-8(7-13)6-12-10-4-2-3-9(11)5-10/h2-5,13H,1,6-7H2. The van der Waals surface area contributed by atoms with Crippen LogP contribution >= 0.6 is 24.2 Å². The number of hydrogen-bond acceptors (Lipinski definition) is 2. The van der Waals surface area contributed by atoms with E-state index in [4.69, 9.17) is 16.3 Å². The van der Waals surface area contributed by atoms with E-state index >= 15 is 0 Å². The minimum Gasteiger partial charge on any atom is -0.489 e. The van der Waals surface area contributed by atoms with E-state index in [1.165, 1.54) is 0 Å². The van der Waals surface area contributed by atoms with Gasteiger partial charge in [0.25, 0.3) is 0 Å². The van der Waals surface area contributed by atoms with Crippen molar-refractivity contribution in [1.29, 1.82) is 0 Å². The van der Waals surface area contributed by atoms with Gasteiger partial charge in [0.1, 0.15) is 12.4 Å². The van der Waals surface area contributed by atoms with Gasteiger partial charge in [0.05, 0.1) is 0 Å². The SMILES string of the molecule is C=C(CS)COc1cccc(Cl)c1.